The van der Waals surface area contributed by atoms with Gasteiger partial charge in [-0.2, -0.15) is 5.10 Å². The molecule has 1 unspecified atom stereocenters. The lowest BCUT2D eigenvalue weighted by Gasteiger charge is -2.15. The monoisotopic (exact) mass is 243 g/mol. The highest BCUT2D eigenvalue weighted by Gasteiger charge is 2.11. The molecule has 1 N–H and O–H groups in total. The topological polar surface area (TPSA) is 29.9 Å². The lowest BCUT2D eigenvalue weighted by molar-refractivity contribution is 0.756. The van der Waals surface area contributed by atoms with Gasteiger partial charge in [0.1, 0.15) is 0 Å². The van der Waals surface area contributed by atoms with Crippen LogP contribution in [0.5, 0.6) is 0 Å². The molecule has 0 bridgehead atoms. The number of anilines is 1. The largest absolute Gasteiger partial charge is 0.378 e. The Morgan fingerprint density at radius 1 is 1.28 bits per heavy atom. The van der Waals surface area contributed by atoms with E-state index in [2.05, 4.69) is 54.7 Å². The molecule has 0 fully saturated rings. The van der Waals surface area contributed by atoms with Crippen LogP contribution in [0.3, 0.4) is 0 Å². The van der Waals surface area contributed by atoms with Crippen LogP contribution in [0.1, 0.15) is 36.7 Å². The van der Waals surface area contributed by atoms with E-state index in [1.807, 2.05) is 18.7 Å². The third-order valence-electron chi connectivity index (χ3n) is 3.26. The van der Waals surface area contributed by atoms with Crippen LogP contribution in [0.25, 0.3) is 0 Å². The first-order chi connectivity index (χ1) is 8.60. The number of benzene rings is 1. The molecule has 0 radical (unpaired) electrons. The van der Waals surface area contributed by atoms with Crippen molar-refractivity contribution in [1.82, 2.24) is 9.78 Å². The second-order valence-electron chi connectivity index (χ2n) is 4.76. The van der Waals surface area contributed by atoms with Crippen LogP contribution in [0.15, 0.2) is 30.5 Å². The number of aryl methyl sites for hydroxylation is 3. The Kier molecular flexibility index (Phi) is 3.70. The van der Waals surface area contributed by atoms with Gasteiger partial charge in [-0.25, -0.2) is 0 Å². The first kappa shape index (κ1) is 12.7. The van der Waals surface area contributed by atoms with E-state index < -0.39 is 0 Å². The fourth-order valence-electron chi connectivity index (χ4n) is 2.21. The summed E-state index contributed by atoms with van der Waals surface area (Å²) in [5, 5.41) is 7.89. The Bertz CT molecular complexity index is 511. The zero-order chi connectivity index (χ0) is 13.1. The lowest BCUT2D eigenvalue weighted by Crippen LogP contribution is -2.07. The Labute approximate surface area is 109 Å². The van der Waals surface area contributed by atoms with Crippen molar-refractivity contribution in [1.29, 1.82) is 0 Å². The fraction of sp³-hybridized carbons (Fsp3) is 0.400. The second kappa shape index (κ2) is 5.25. The van der Waals surface area contributed by atoms with Gasteiger partial charge in [0.15, 0.2) is 0 Å². The third-order valence-corrected chi connectivity index (χ3v) is 3.26. The Hall–Kier alpha value is -1.77. The first-order valence-corrected chi connectivity index (χ1v) is 6.45. The molecule has 96 valence electrons. The van der Waals surface area contributed by atoms with Crippen molar-refractivity contribution in [3.8, 4) is 0 Å². The van der Waals surface area contributed by atoms with Gasteiger partial charge in [0.05, 0.1) is 11.7 Å². The molecule has 0 amide bonds. The maximum absolute atomic E-state index is 4.38. The molecule has 2 rings (SSSR count). The van der Waals surface area contributed by atoms with Crippen molar-refractivity contribution in [3.05, 3.63) is 47.3 Å². The molecular formula is C15H21N3. The van der Waals surface area contributed by atoms with Gasteiger partial charge >= 0.3 is 0 Å². The summed E-state index contributed by atoms with van der Waals surface area (Å²) in [7, 11) is 1.96. The summed E-state index contributed by atoms with van der Waals surface area (Å²) in [4.78, 5) is 0. The van der Waals surface area contributed by atoms with Gasteiger partial charge in [-0.3, -0.25) is 4.68 Å². The zero-order valence-electron chi connectivity index (χ0n) is 11.6. The maximum Gasteiger partial charge on any atom is 0.0646 e. The van der Waals surface area contributed by atoms with Crippen molar-refractivity contribution >= 4 is 5.69 Å². The molecule has 3 nitrogen and oxygen atoms in total. The average Bonchev–Trinajstić information content (AvgIpc) is 2.69. The predicted octanol–water partition coefficient (Wildman–Crippen LogP) is 3.46. The molecule has 0 saturated carbocycles. The summed E-state index contributed by atoms with van der Waals surface area (Å²) in [6.07, 6.45) is 3.16. The number of hydrogen-bond donors (Lipinski definition) is 1. The van der Waals surface area contributed by atoms with E-state index in [-0.39, 0.29) is 6.04 Å². The molecule has 0 saturated heterocycles. The zero-order valence-corrected chi connectivity index (χ0v) is 11.6. The minimum atomic E-state index is 0.270. The van der Waals surface area contributed by atoms with Gasteiger partial charge in [0, 0.05) is 24.5 Å². The van der Waals surface area contributed by atoms with Gasteiger partial charge in [-0.1, -0.05) is 19.1 Å². The molecule has 0 aliphatic carbocycles. The molecule has 2 aromatic rings. The maximum atomic E-state index is 4.38. The molecule has 18 heavy (non-hydrogen) atoms. The van der Waals surface area contributed by atoms with Crippen LogP contribution in [0.2, 0.25) is 0 Å². The van der Waals surface area contributed by atoms with E-state index in [0.717, 1.165) is 17.8 Å². The first-order valence-electron chi connectivity index (χ1n) is 6.45. The highest BCUT2D eigenvalue weighted by atomic mass is 15.3. The van der Waals surface area contributed by atoms with Crippen LogP contribution < -0.4 is 5.32 Å². The molecule has 3 heteroatoms. The van der Waals surface area contributed by atoms with Gasteiger partial charge in [0.25, 0.3) is 0 Å². The minimum Gasteiger partial charge on any atom is -0.378 e. The SMILES string of the molecule is CCc1ccc(NC(C)c2cn(C)nc2C)cc1. The van der Waals surface area contributed by atoms with E-state index in [1.165, 1.54) is 11.1 Å². The minimum absolute atomic E-state index is 0.270. The van der Waals surface area contributed by atoms with Gasteiger partial charge in [0.2, 0.25) is 0 Å². The van der Waals surface area contributed by atoms with Crippen molar-refractivity contribution in [2.24, 2.45) is 7.05 Å². The van der Waals surface area contributed by atoms with Gasteiger partial charge in [-0.05, 0) is 38.0 Å². The average molecular weight is 243 g/mol. The van der Waals surface area contributed by atoms with E-state index in [1.54, 1.807) is 0 Å². The summed E-state index contributed by atoms with van der Waals surface area (Å²) in [6.45, 7) is 6.38. The molecular weight excluding hydrogens is 222 g/mol. The molecule has 0 spiro atoms. The number of nitrogens with zero attached hydrogens (tertiary/aromatic N) is 2. The van der Waals surface area contributed by atoms with Crippen LogP contribution in [0.4, 0.5) is 5.69 Å². The van der Waals surface area contributed by atoms with E-state index >= 15 is 0 Å². The number of nitrogens with one attached hydrogen (secondary N) is 1. The quantitative estimate of drug-likeness (QED) is 0.891. The van der Waals surface area contributed by atoms with Crippen LogP contribution in [-0.4, -0.2) is 9.78 Å². The van der Waals surface area contributed by atoms with Crippen LogP contribution >= 0.6 is 0 Å². The summed E-state index contributed by atoms with van der Waals surface area (Å²) in [6, 6.07) is 8.89. The second-order valence-corrected chi connectivity index (χ2v) is 4.76. The Morgan fingerprint density at radius 3 is 2.44 bits per heavy atom. The lowest BCUT2D eigenvalue weighted by atomic mass is 10.1. The Morgan fingerprint density at radius 2 is 1.94 bits per heavy atom. The van der Waals surface area contributed by atoms with Crippen molar-refractivity contribution in [2.75, 3.05) is 5.32 Å². The molecule has 1 aromatic carbocycles. The standard InChI is InChI=1S/C15H21N3/c1-5-13-6-8-14(9-7-13)16-11(2)15-10-18(4)17-12(15)3/h6-11,16H,5H2,1-4H3. The highest BCUT2D eigenvalue weighted by Crippen LogP contribution is 2.21. The van der Waals surface area contributed by atoms with E-state index in [4.69, 9.17) is 0 Å². The predicted molar refractivity (Wildman–Crippen MR) is 75.8 cm³/mol. The summed E-state index contributed by atoms with van der Waals surface area (Å²) in [5.41, 5.74) is 4.86. The number of rotatable bonds is 4. The Balaban J connectivity index is 2.10. The van der Waals surface area contributed by atoms with Gasteiger partial charge < -0.3 is 5.32 Å². The molecule has 1 aromatic heterocycles. The smallest absolute Gasteiger partial charge is 0.0646 e. The van der Waals surface area contributed by atoms with E-state index in [9.17, 15) is 0 Å². The fourth-order valence-corrected chi connectivity index (χ4v) is 2.21. The normalized spacial score (nSPS) is 12.4. The summed E-state index contributed by atoms with van der Waals surface area (Å²) >= 11 is 0. The highest BCUT2D eigenvalue weighted by molar-refractivity contribution is 5.46. The molecule has 0 aliphatic rings. The number of hydrogen-bond acceptors (Lipinski definition) is 2. The van der Waals surface area contributed by atoms with Crippen molar-refractivity contribution in [3.63, 3.8) is 0 Å². The summed E-state index contributed by atoms with van der Waals surface area (Å²) < 4.78 is 1.86. The van der Waals surface area contributed by atoms with Crippen LogP contribution in [0, 0.1) is 6.92 Å². The summed E-state index contributed by atoms with van der Waals surface area (Å²) in [5.74, 6) is 0. The molecule has 0 aliphatic heterocycles. The molecule has 1 atom stereocenters. The van der Waals surface area contributed by atoms with Gasteiger partial charge in [-0.15, -0.1) is 0 Å². The third kappa shape index (κ3) is 2.73. The van der Waals surface area contributed by atoms with E-state index in [0.29, 0.717) is 0 Å². The van der Waals surface area contributed by atoms with Crippen molar-refractivity contribution in [2.45, 2.75) is 33.2 Å². The molecule has 1 heterocycles. The number of aromatic nitrogens is 2. The van der Waals surface area contributed by atoms with Crippen LogP contribution in [-0.2, 0) is 13.5 Å². The van der Waals surface area contributed by atoms with Crippen molar-refractivity contribution < 1.29 is 0 Å².